The summed E-state index contributed by atoms with van der Waals surface area (Å²) in [5.74, 6) is 0.381. The molecule has 0 amide bonds. The van der Waals surface area contributed by atoms with Gasteiger partial charge in [-0.15, -0.1) is 0 Å². The Balaban J connectivity index is 2.27. The smallest absolute Gasteiger partial charge is 0.387 e. The highest BCUT2D eigenvalue weighted by Crippen LogP contribution is 2.33. The van der Waals surface area contributed by atoms with Gasteiger partial charge >= 0.3 is 6.61 Å². The number of halogens is 2. The number of hydrogen-bond acceptors (Lipinski definition) is 3. The third-order valence-corrected chi connectivity index (χ3v) is 2.86. The number of hydrogen-bond donors (Lipinski definition) is 0. The highest BCUT2D eigenvalue weighted by molar-refractivity contribution is 5.69. The van der Waals surface area contributed by atoms with Crippen LogP contribution < -0.4 is 9.47 Å². The summed E-state index contributed by atoms with van der Waals surface area (Å²) in [6.45, 7) is -1.88. The molecule has 1 aromatic carbocycles. The van der Waals surface area contributed by atoms with E-state index in [1.807, 2.05) is 13.2 Å². The molecule has 0 fully saturated rings. The van der Waals surface area contributed by atoms with Gasteiger partial charge in [-0.3, -0.25) is 0 Å². The van der Waals surface area contributed by atoms with Crippen LogP contribution in [-0.4, -0.2) is 32.2 Å². The zero-order chi connectivity index (χ0) is 13.1. The number of nitrogens with zero attached hydrogens (tertiary/aromatic N) is 1. The summed E-state index contributed by atoms with van der Waals surface area (Å²) in [6, 6.07) is 5.01. The van der Waals surface area contributed by atoms with Gasteiger partial charge in [0, 0.05) is 19.8 Å². The van der Waals surface area contributed by atoms with Crippen molar-refractivity contribution < 1.29 is 18.3 Å². The Morgan fingerprint density at radius 1 is 1.28 bits per heavy atom. The van der Waals surface area contributed by atoms with Gasteiger partial charge in [0.1, 0.15) is 0 Å². The lowest BCUT2D eigenvalue weighted by atomic mass is 10.1. The summed E-state index contributed by atoms with van der Waals surface area (Å²) in [5, 5.41) is 0. The van der Waals surface area contributed by atoms with E-state index >= 15 is 0 Å². The second-order valence-corrected chi connectivity index (χ2v) is 4.13. The molecule has 0 spiro atoms. The lowest BCUT2D eigenvalue weighted by Gasteiger charge is -2.11. The first kappa shape index (κ1) is 12.7. The molecule has 98 valence electrons. The standard InChI is InChI=1S/C13H15F2NO2/c1-16-6-5-10(8-16)9-3-4-11(18-13(14)15)12(7-9)17-2/h3-4,7-8,13H,5-6H2,1-2H3. The van der Waals surface area contributed by atoms with Gasteiger partial charge in [0.05, 0.1) is 7.11 Å². The van der Waals surface area contributed by atoms with Gasteiger partial charge in [-0.05, 0) is 29.7 Å². The van der Waals surface area contributed by atoms with E-state index in [-0.39, 0.29) is 5.75 Å². The maximum Gasteiger partial charge on any atom is 0.387 e. The maximum atomic E-state index is 12.2. The number of benzene rings is 1. The molecule has 1 heterocycles. The molecule has 0 unspecified atom stereocenters. The largest absolute Gasteiger partial charge is 0.493 e. The van der Waals surface area contributed by atoms with Crippen LogP contribution in [0.1, 0.15) is 12.0 Å². The first-order valence-electron chi connectivity index (χ1n) is 5.64. The van der Waals surface area contributed by atoms with Crippen molar-refractivity contribution in [3.8, 4) is 11.5 Å². The number of rotatable bonds is 4. The Bertz CT molecular complexity index is 460. The van der Waals surface area contributed by atoms with Crippen molar-refractivity contribution in [1.29, 1.82) is 0 Å². The molecular formula is C13H15F2NO2. The third kappa shape index (κ3) is 2.72. The first-order valence-corrected chi connectivity index (χ1v) is 5.64. The zero-order valence-corrected chi connectivity index (χ0v) is 10.3. The lowest BCUT2D eigenvalue weighted by Crippen LogP contribution is -2.04. The highest BCUT2D eigenvalue weighted by atomic mass is 19.3. The summed E-state index contributed by atoms with van der Waals surface area (Å²) in [4.78, 5) is 2.09. The third-order valence-electron chi connectivity index (χ3n) is 2.86. The predicted molar refractivity (Wildman–Crippen MR) is 64.9 cm³/mol. The minimum absolute atomic E-state index is 0.0585. The molecule has 5 heteroatoms. The van der Waals surface area contributed by atoms with Crippen LogP contribution >= 0.6 is 0 Å². The second-order valence-electron chi connectivity index (χ2n) is 4.13. The van der Waals surface area contributed by atoms with Gasteiger partial charge < -0.3 is 14.4 Å². The minimum Gasteiger partial charge on any atom is -0.493 e. The number of methoxy groups -OCH3 is 1. The molecule has 1 aliphatic rings. The maximum absolute atomic E-state index is 12.2. The topological polar surface area (TPSA) is 21.7 Å². The molecule has 0 aromatic heterocycles. The number of alkyl halides is 2. The quantitative estimate of drug-likeness (QED) is 0.825. The van der Waals surface area contributed by atoms with Crippen LogP contribution in [0.4, 0.5) is 8.78 Å². The highest BCUT2D eigenvalue weighted by Gasteiger charge is 2.15. The van der Waals surface area contributed by atoms with E-state index in [0.29, 0.717) is 5.75 Å². The summed E-state index contributed by atoms with van der Waals surface area (Å²) >= 11 is 0. The summed E-state index contributed by atoms with van der Waals surface area (Å²) in [5.41, 5.74) is 2.14. The van der Waals surface area contributed by atoms with Crippen LogP contribution in [0.5, 0.6) is 11.5 Å². The van der Waals surface area contributed by atoms with Crippen molar-refractivity contribution in [3.63, 3.8) is 0 Å². The van der Waals surface area contributed by atoms with Crippen LogP contribution in [0, 0.1) is 0 Å². The van der Waals surface area contributed by atoms with Crippen LogP contribution in [0.3, 0.4) is 0 Å². The molecule has 1 aliphatic heterocycles. The van der Waals surface area contributed by atoms with Crippen molar-refractivity contribution in [3.05, 3.63) is 30.0 Å². The van der Waals surface area contributed by atoms with E-state index in [0.717, 1.165) is 18.5 Å². The molecule has 18 heavy (non-hydrogen) atoms. The minimum atomic E-state index is -2.85. The molecule has 0 radical (unpaired) electrons. The van der Waals surface area contributed by atoms with Crippen LogP contribution in [0.25, 0.3) is 5.57 Å². The zero-order valence-electron chi connectivity index (χ0n) is 10.3. The summed E-state index contributed by atoms with van der Waals surface area (Å²) in [6.07, 6.45) is 2.98. The van der Waals surface area contributed by atoms with E-state index < -0.39 is 6.61 Å². The van der Waals surface area contributed by atoms with E-state index in [2.05, 4.69) is 9.64 Å². The molecule has 0 N–H and O–H groups in total. The first-order chi connectivity index (χ1) is 8.60. The molecule has 1 aromatic rings. The van der Waals surface area contributed by atoms with Gasteiger partial charge in [0.15, 0.2) is 11.5 Å². The van der Waals surface area contributed by atoms with E-state index in [4.69, 9.17) is 4.74 Å². The molecule has 3 nitrogen and oxygen atoms in total. The second kappa shape index (κ2) is 5.25. The van der Waals surface area contributed by atoms with Crippen LogP contribution in [-0.2, 0) is 0 Å². The van der Waals surface area contributed by atoms with Crippen molar-refractivity contribution in [1.82, 2.24) is 4.90 Å². The molecule has 2 rings (SSSR count). The van der Waals surface area contributed by atoms with Crippen molar-refractivity contribution in [2.45, 2.75) is 13.0 Å². The van der Waals surface area contributed by atoms with Gasteiger partial charge in [-0.1, -0.05) is 6.07 Å². The monoisotopic (exact) mass is 255 g/mol. The van der Waals surface area contributed by atoms with E-state index in [1.165, 1.54) is 18.7 Å². The normalized spacial score (nSPS) is 14.9. The van der Waals surface area contributed by atoms with Crippen LogP contribution in [0.2, 0.25) is 0 Å². The van der Waals surface area contributed by atoms with E-state index in [1.54, 1.807) is 12.1 Å². The van der Waals surface area contributed by atoms with Gasteiger partial charge in [-0.25, -0.2) is 0 Å². The Hall–Kier alpha value is -1.78. The van der Waals surface area contributed by atoms with Crippen molar-refractivity contribution in [2.24, 2.45) is 0 Å². The summed E-state index contributed by atoms with van der Waals surface area (Å²) in [7, 11) is 3.44. The fourth-order valence-corrected chi connectivity index (χ4v) is 1.97. The molecule has 0 saturated heterocycles. The van der Waals surface area contributed by atoms with Gasteiger partial charge in [0.2, 0.25) is 0 Å². The van der Waals surface area contributed by atoms with E-state index in [9.17, 15) is 8.78 Å². The van der Waals surface area contributed by atoms with Gasteiger partial charge in [0.25, 0.3) is 0 Å². The van der Waals surface area contributed by atoms with Crippen molar-refractivity contribution >= 4 is 5.57 Å². The van der Waals surface area contributed by atoms with Crippen molar-refractivity contribution in [2.75, 3.05) is 20.7 Å². The summed E-state index contributed by atoms with van der Waals surface area (Å²) < 4.78 is 33.8. The lowest BCUT2D eigenvalue weighted by molar-refractivity contribution is -0.0512. The average Bonchev–Trinajstić information content (AvgIpc) is 2.75. The fraction of sp³-hybridized carbons (Fsp3) is 0.385. The fourth-order valence-electron chi connectivity index (χ4n) is 1.97. The van der Waals surface area contributed by atoms with Crippen LogP contribution in [0.15, 0.2) is 24.4 Å². The van der Waals surface area contributed by atoms with Gasteiger partial charge in [-0.2, -0.15) is 8.78 Å². The Kier molecular flexibility index (Phi) is 3.69. The Morgan fingerprint density at radius 2 is 2.06 bits per heavy atom. The molecule has 0 saturated carbocycles. The molecular weight excluding hydrogens is 240 g/mol. The number of ether oxygens (including phenoxy) is 2. The Labute approximate surface area is 105 Å². The SMILES string of the molecule is COc1cc(C2=CN(C)CC2)ccc1OC(F)F. The predicted octanol–water partition coefficient (Wildman–Crippen LogP) is 2.97. The Morgan fingerprint density at radius 3 is 2.61 bits per heavy atom. The molecule has 0 atom stereocenters. The molecule has 0 aliphatic carbocycles. The average molecular weight is 255 g/mol. The molecule has 0 bridgehead atoms.